The molecule has 6 nitrogen and oxygen atoms in total. The van der Waals surface area contributed by atoms with Crippen molar-refractivity contribution < 1.29 is 19.0 Å². The first-order chi connectivity index (χ1) is 13.7. The molecule has 0 spiro atoms. The molecule has 0 fully saturated rings. The van der Waals surface area contributed by atoms with E-state index in [4.69, 9.17) is 14.2 Å². The minimum absolute atomic E-state index is 0.0740. The van der Waals surface area contributed by atoms with Gasteiger partial charge < -0.3 is 14.2 Å². The maximum absolute atomic E-state index is 12.1. The summed E-state index contributed by atoms with van der Waals surface area (Å²) in [6.07, 6.45) is 0. The normalized spacial score (nSPS) is 12.4. The molecule has 4 rings (SSSR count). The van der Waals surface area contributed by atoms with E-state index in [2.05, 4.69) is 11.1 Å². The number of pyridine rings is 1. The van der Waals surface area contributed by atoms with Gasteiger partial charge in [-0.3, -0.25) is 4.79 Å². The minimum Gasteiger partial charge on any atom is -0.486 e. The summed E-state index contributed by atoms with van der Waals surface area (Å²) in [7, 11) is 0. The molecule has 0 saturated heterocycles. The molecule has 2 aromatic carbocycles. The molecule has 0 saturated carbocycles. The van der Waals surface area contributed by atoms with E-state index in [1.165, 1.54) is 11.8 Å². The van der Waals surface area contributed by atoms with Crippen LogP contribution in [0.1, 0.15) is 11.1 Å². The Morgan fingerprint density at radius 3 is 2.64 bits per heavy atom. The van der Waals surface area contributed by atoms with E-state index < -0.39 is 0 Å². The Kier molecular flexibility index (Phi) is 5.31. The van der Waals surface area contributed by atoms with Gasteiger partial charge in [0.25, 0.3) is 0 Å². The highest BCUT2D eigenvalue weighted by atomic mass is 32.2. The van der Waals surface area contributed by atoms with E-state index in [1.54, 1.807) is 12.1 Å². The highest BCUT2D eigenvalue weighted by Gasteiger charge is 2.16. The Morgan fingerprint density at radius 2 is 1.89 bits per heavy atom. The number of hydrogen-bond donors (Lipinski definition) is 0. The van der Waals surface area contributed by atoms with Crippen LogP contribution in [0.4, 0.5) is 0 Å². The second-order valence-corrected chi connectivity index (χ2v) is 7.04. The molecule has 1 aromatic heterocycles. The lowest BCUT2D eigenvalue weighted by Crippen LogP contribution is -2.15. The standard InChI is InChI=1S/C21H16N2O4S/c22-11-16-8-15-9-18-19(26-7-6-25-18)10-17(15)23-21(16)28-13-20(24)27-12-14-4-2-1-3-5-14/h1-5,8-10H,6-7,12-13H2. The zero-order valence-corrected chi connectivity index (χ0v) is 15.7. The number of carbonyl (C=O) groups excluding carboxylic acids is 1. The third-order valence-electron chi connectivity index (χ3n) is 4.13. The average Bonchev–Trinajstić information content (AvgIpc) is 2.74. The molecule has 3 aromatic rings. The Bertz CT molecular complexity index is 1060. The fourth-order valence-electron chi connectivity index (χ4n) is 2.79. The molecule has 0 radical (unpaired) electrons. The zero-order chi connectivity index (χ0) is 19.3. The Labute approximate surface area is 166 Å². The molecule has 0 atom stereocenters. The van der Waals surface area contributed by atoms with Crippen LogP contribution in [0.2, 0.25) is 0 Å². The number of ether oxygens (including phenoxy) is 3. The predicted octanol–water partition coefficient (Wildman–Crippen LogP) is 3.71. The largest absolute Gasteiger partial charge is 0.486 e. The molecular formula is C21H16N2O4S. The molecule has 7 heteroatoms. The number of benzene rings is 2. The Balaban J connectivity index is 1.48. The van der Waals surface area contributed by atoms with Crippen molar-refractivity contribution in [3.05, 3.63) is 59.7 Å². The lowest BCUT2D eigenvalue weighted by molar-refractivity contribution is -0.141. The van der Waals surface area contributed by atoms with E-state index >= 15 is 0 Å². The van der Waals surface area contributed by atoms with Crippen LogP contribution < -0.4 is 9.47 Å². The summed E-state index contributed by atoms with van der Waals surface area (Å²) in [5, 5.41) is 10.7. The number of carbonyl (C=O) groups is 1. The third-order valence-corrected chi connectivity index (χ3v) is 5.10. The molecule has 0 bridgehead atoms. The Hall–Kier alpha value is -3.24. The van der Waals surface area contributed by atoms with Crippen LogP contribution in [0.25, 0.3) is 10.9 Å². The number of nitriles is 1. The van der Waals surface area contributed by atoms with Crippen LogP contribution in [0.5, 0.6) is 11.5 Å². The summed E-state index contributed by atoms with van der Waals surface area (Å²) in [6, 6.07) is 17.0. The monoisotopic (exact) mass is 392 g/mol. The van der Waals surface area contributed by atoms with Crippen LogP contribution in [-0.2, 0) is 16.1 Å². The second kappa shape index (κ2) is 8.19. The SMILES string of the molecule is N#Cc1cc2cc3c(cc2nc1SCC(=O)OCc1ccccc1)OCCO3. The van der Waals surface area contributed by atoms with Crippen molar-refractivity contribution in [1.82, 2.24) is 4.98 Å². The van der Waals surface area contributed by atoms with Gasteiger partial charge in [0.1, 0.15) is 30.9 Å². The summed E-state index contributed by atoms with van der Waals surface area (Å²) in [4.78, 5) is 16.6. The third kappa shape index (κ3) is 4.02. The van der Waals surface area contributed by atoms with Gasteiger partial charge >= 0.3 is 5.97 Å². The van der Waals surface area contributed by atoms with E-state index in [0.717, 1.165) is 10.9 Å². The summed E-state index contributed by atoms with van der Waals surface area (Å²) in [6.45, 7) is 1.21. The fourth-order valence-corrected chi connectivity index (χ4v) is 3.55. The van der Waals surface area contributed by atoms with Crippen LogP contribution in [0.15, 0.2) is 53.6 Å². The quantitative estimate of drug-likeness (QED) is 0.483. The molecule has 0 unspecified atom stereocenters. The van der Waals surface area contributed by atoms with Crippen molar-refractivity contribution in [3.8, 4) is 17.6 Å². The summed E-state index contributed by atoms with van der Waals surface area (Å²) in [5.41, 5.74) is 2.02. The smallest absolute Gasteiger partial charge is 0.316 e. The molecule has 28 heavy (non-hydrogen) atoms. The van der Waals surface area contributed by atoms with Crippen molar-refractivity contribution in [3.63, 3.8) is 0 Å². The van der Waals surface area contributed by atoms with Crippen LogP contribution in [-0.4, -0.2) is 29.9 Å². The van der Waals surface area contributed by atoms with Crippen LogP contribution in [0.3, 0.4) is 0 Å². The molecule has 0 N–H and O–H groups in total. The fraction of sp³-hybridized carbons (Fsp3) is 0.190. The number of aromatic nitrogens is 1. The van der Waals surface area contributed by atoms with E-state index in [1.807, 2.05) is 36.4 Å². The summed E-state index contributed by atoms with van der Waals surface area (Å²) >= 11 is 1.19. The van der Waals surface area contributed by atoms with Gasteiger partial charge in [-0.2, -0.15) is 5.26 Å². The van der Waals surface area contributed by atoms with Crippen LogP contribution >= 0.6 is 11.8 Å². The van der Waals surface area contributed by atoms with Gasteiger partial charge in [0, 0.05) is 11.5 Å². The number of fused-ring (bicyclic) bond motifs is 2. The molecule has 1 aliphatic rings. The Morgan fingerprint density at radius 1 is 1.14 bits per heavy atom. The number of esters is 1. The first kappa shape index (κ1) is 18.1. The molecule has 140 valence electrons. The van der Waals surface area contributed by atoms with Crippen molar-refractivity contribution >= 4 is 28.6 Å². The van der Waals surface area contributed by atoms with Gasteiger partial charge in [0.05, 0.1) is 16.8 Å². The van der Waals surface area contributed by atoms with E-state index in [0.29, 0.717) is 40.8 Å². The number of thioether (sulfide) groups is 1. The first-order valence-corrected chi connectivity index (χ1v) is 9.68. The van der Waals surface area contributed by atoms with E-state index in [-0.39, 0.29) is 18.3 Å². The van der Waals surface area contributed by atoms with Gasteiger partial charge in [-0.15, -0.1) is 0 Å². The number of nitrogens with zero attached hydrogens (tertiary/aromatic N) is 2. The zero-order valence-electron chi connectivity index (χ0n) is 14.9. The van der Waals surface area contributed by atoms with Gasteiger partial charge in [0.2, 0.25) is 0 Å². The van der Waals surface area contributed by atoms with Crippen LogP contribution in [0, 0.1) is 11.3 Å². The maximum atomic E-state index is 12.1. The maximum Gasteiger partial charge on any atom is 0.316 e. The molecule has 0 aliphatic carbocycles. The van der Waals surface area contributed by atoms with Gasteiger partial charge in [-0.1, -0.05) is 42.1 Å². The van der Waals surface area contributed by atoms with Crippen molar-refractivity contribution in [2.45, 2.75) is 11.6 Å². The summed E-state index contributed by atoms with van der Waals surface area (Å²) in [5.74, 6) is 0.996. The van der Waals surface area contributed by atoms with Crippen molar-refractivity contribution in [2.75, 3.05) is 19.0 Å². The highest BCUT2D eigenvalue weighted by molar-refractivity contribution is 7.99. The first-order valence-electron chi connectivity index (χ1n) is 8.70. The average molecular weight is 392 g/mol. The molecular weight excluding hydrogens is 376 g/mol. The molecule has 0 amide bonds. The topological polar surface area (TPSA) is 81.4 Å². The summed E-state index contributed by atoms with van der Waals surface area (Å²) < 4.78 is 16.4. The lowest BCUT2D eigenvalue weighted by Gasteiger charge is -2.18. The predicted molar refractivity (Wildman–Crippen MR) is 104 cm³/mol. The molecule has 1 aliphatic heterocycles. The van der Waals surface area contributed by atoms with E-state index in [9.17, 15) is 10.1 Å². The number of rotatable bonds is 5. The van der Waals surface area contributed by atoms with Gasteiger partial charge in [-0.25, -0.2) is 4.98 Å². The van der Waals surface area contributed by atoms with Crippen molar-refractivity contribution in [2.24, 2.45) is 0 Å². The lowest BCUT2D eigenvalue weighted by atomic mass is 10.1. The second-order valence-electron chi connectivity index (χ2n) is 6.08. The van der Waals surface area contributed by atoms with Gasteiger partial charge in [-0.05, 0) is 17.7 Å². The minimum atomic E-state index is -0.359. The van der Waals surface area contributed by atoms with Crippen molar-refractivity contribution in [1.29, 1.82) is 5.26 Å². The molecule has 2 heterocycles. The number of hydrogen-bond acceptors (Lipinski definition) is 7. The highest BCUT2D eigenvalue weighted by Crippen LogP contribution is 2.35. The van der Waals surface area contributed by atoms with Gasteiger partial charge in [0.15, 0.2) is 11.5 Å².